The van der Waals surface area contributed by atoms with Gasteiger partial charge in [-0.15, -0.1) is 0 Å². The second kappa shape index (κ2) is 8.29. The van der Waals surface area contributed by atoms with Crippen molar-refractivity contribution in [1.29, 1.82) is 0 Å². The van der Waals surface area contributed by atoms with Crippen molar-refractivity contribution >= 4 is 23.2 Å². The number of rotatable bonds is 7. The molecule has 0 aliphatic carbocycles. The lowest BCUT2D eigenvalue weighted by molar-refractivity contribution is -0.116. The lowest BCUT2D eigenvalue weighted by Crippen LogP contribution is -2.15. The Balaban J connectivity index is 1.76. The number of carbonyl (C=O) groups excluding carboxylic acids is 1. The van der Waals surface area contributed by atoms with E-state index in [0.29, 0.717) is 18.9 Å². The fourth-order valence-electron chi connectivity index (χ4n) is 2.34. The highest BCUT2D eigenvalue weighted by atomic mass is 16.1. The van der Waals surface area contributed by atoms with Gasteiger partial charge in [0.1, 0.15) is 0 Å². The van der Waals surface area contributed by atoms with E-state index in [9.17, 15) is 4.79 Å². The molecule has 2 rings (SSSR count). The molecule has 0 saturated heterocycles. The number of carbonyl (C=O) groups is 1. The van der Waals surface area contributed by atoms with Crippen LogP contribution in [0.4, 0.5) is 17.3 Å². The fraction of sp³-hybridized carbons (Fsp3) is 0.389. The topological polar surface area (TPSA) is 70.2 Å². The van der Waals surface area contributed by atoms with Gasteiger partial charge >= 0.3 is 0 Å². The van der Waals surface area contributed by atoms with Gasteiger partial charge in [0.2, 0.25) is 11.9 Å². The van der Waals surface area contributed by atoms with Gasteiger partial charge in [0.15, 0.2) is 0 Å². The zero-order chi connectivity index (χ0) is 17.5. The molecule has 0 unspecified atom stereocenters. The van der Waals surface area contributed by atoms with Crippen LogP contribution in [0.3, 0.4) is 0 Å². The van der Waals surface area contributed by atoms with E-state index in [0.717, 1.165) is 29.2 Å². The SMILES string of the molecule is Cc1cc(C)nc(NCCCC(=O)Nc2cccc(N(C)C)c2)n1. The summed E-state index contributed by atoms with van der Waals surface area (Å²) in [6, 6.07) is 9.72. The zero-order valence-corrected chi connectivity index (χ0v) is 14.8. The summed E-state index contributed by atoms with van der Waals surface area (Å²) in [6.45, 7) is 4.54. The number of hydrogen-bond acceptors (Lipinski definition) is 5. The maximum Gasteiger partial charge on any atom is 0.224 e. The van der Waals surface area contributed by atoms with Gasteiger partial charge in [-0.25, -0.2) is 9.97 Å². The molecule has 6 nitrogen and oxygen atoms in total. The van der Waals surface area contributed by atoms with Crippen LogP contribution in [0.1, 0.15) is 24.2 Å². The number of benzene rings is 1. The maximum absolute atomic E-state index is 12.0. The van der Waals surface area contributed by atoms with Crippen molar-refractivity contribution in [2.24, 2.45) is 0 Å². The van der Waals surface area contributed by atoms with Crippen LogP contribution >= 0.6 is 0 Å². The summed E-state index contributed by atoms with van der Waals surface area (Å²) in [7, 11) is 3.95. The third kappa shape index (κ3) is 5.53. The lowest BCUT2D eigenvalue weighted by atomic mass is 10.2. The summed E-state index contributed by atoms with van der Waals surface area (Å²) in [5.74, 6) is 0.626. The molecule has 0 fully saturated rings. The highest BCUT2D eigenvalue weighted by molar-refractivity contribution is 5.91. The van der Waals surface area contributed by atoms with E-state index in [4.69, 9.17) is 0 Å². The van der Waals surface area contributed by atoms with E-state index in [1.165, 1.54) is 0 Å². The Morgan fingerprint density at radius 1 is 1.12 bits per heavy atom. The van der Waals surface area contributed by atoms with Crippen molar-refractivity contribution in [3.8, 4) is 0 Å². The van der Waals surface area contributed by atoms with Crippen molar-refractivity contribution in [2.45, 2.75) is 26.7 Å². The van der Waals surface area contributed by atoms with E-state index < -0.39 is 0 Å². The first-order chi connectivity index (χ1) is 11.4. The summed E-state index contributed by atoms with van der Waals surface area (Å²) >= 11 is 0. The number of aromatic nitrogens is 2. The normalized spacial score (nSPS) is 10.3. The van der Waals surface area contributed by atoms with Crippen LogP contribution in [0.5, 0.6) is 0 Å². The molecule has 1 aromatic carbocycles. The van der Waals surface area contributed by atoms with Crippen LogP contribution in [-0.2, 0) is 4.79 Å². The second-order valence-corrected chi connectivity index (χ2v) is 6.00. The van der Waals surface area contributed by atoms with Gasteiger partial charge in [-0.1, -0.05) is 6.07 Å². The van der Waals surface area contributed by atoms with Crippen LogP contribution in [0.2, 0.25) is 0 Å². The van der Waals surface area contributed by atoms with Gasteiger partial charge in [0.25, 0.3) is 0 Å². The van der Waals surface area contributed by atoms with E-state index in [1.807, 2.05) is 63.2 Å². The number of aryl methyl sites for hydroxylation is 2. The average Bonchev–Trinajstić information content (AvgIpc) is 2.51. The minimum atomic E-state index is 0.00838. The molecule has 1 heterocycles. The average molecular weight is 327 g/mol. The Labute approximate surface area is 143 Å². The Bertz CT molecular complexity index is 679. The van der Waals surface area contributed by atoms with Crippen LogP contribution in [0.25, 0.3) is 0 Å². The molecule has 0 saturated carbocycles. The number of amides is 1. The smallest absolute Gasteiger partial charge is 0.224 e. The van der Waals surface area contributed by atoms with Crippen molar-refractivity contribution < 1.29 is 4.79 Å². The third-order valence-corrected chi connectivity index (χ3v) is 3.49. The molecule has 0 atom stereocenters. The molecule has 0 bridgehead atoms. The van der Waals surface area contributed by atoms with Crippen molar-refractivity contribution in [1.82, 2.24) is 9.97 Å². The molecular weight excluding hydrogens is 302 g/mol. The third-order valence-electron chi connectivity index (χ3n) is 3.49. The van der Waals surface area contributed by atoms with Gasteiger partial charge in [0, 0.05) is 49.8 Å². The fourth-order valence-corrected chi connectivity index (χ4v) is 2.34. The molecule has 0 aliphatic rings. The van der Waals surface area contributed by atoms with Crippen LogP contribution < -0.4 is 15.5 Å². The molecule has 0 aliphatic heterocycles. The molecule has 0 radical (unpaired) electrons. The van der Waals surface area contributed by atoms with Crippen molar-refractivity contribution in [3.63, 3.8) is 0 Å². The quantitative estimate of drug-likeness (QED) is 0.765. The van der Waals surface area contributed by atoms with Crippen LogP contribution in [0, 0.1) is 13.8 Å². The molecule has 6 heteroatoms. The second-order valence-electron chi connectivity index (χ2n) is 6.00. The summed E-state index contributed by atoms with van der Waals surface area (Å²) in [4.78, 5) is 22.7. The highest BCUT2D eigenvalue weighted by Crippen LogP contribution is 2.17. The van der Waals surface area contributed by atoms with E-state index >= 15 is 0 Å². The van der Waals surface area contributed by atoms with Crippen LogP contribution in [-0.4, -0.2) is 36.5 Å². The summed E-state index contributed by atoms with van der Waals surface area (Å²) in [6.07, 6.45) is 1.17. The predicted octanol–water partition coefficient (Wildman–Crippen LogP) is 2.99. The van der Waals surface area contributed by atoms with Crippen molar-refractivity contribution in [2.75, 3.05) is 36.2 Å². The number of anilines is 3. The summed E-state index contributed by atoms with van der Waals surface area (Å²) in [5.41, 5.74) is 3.74. The first kappa shape index (κ1) is 17.7. The predicted molar refractivity (Wildman–Crippen MR) is 98.6 cm³/mol. The molecular formula is C18H25N5O. The minimum Gasteiger partial charge on any atom is -0.378 e. The van der Waals surface area contributed by atoms with E-state index in [-0.39, 0.29) is 5.91 Å². The maximum atomic E-state index is 12.0. The van der Waals surface area contributed by atoms with E-state index in [1.54, 1.807) is 0 Å². The Morgan fingerprint density at radius 2 is 1.83 bits per heavy atom. The van der Waals surface area contributed by atoms with Gasteiger partial charge in [-0.2, -0.15) is 0 Å². The largest absolute Gasteiger partial charge is 0.378 e. The number of nitrogens with one attached hydrogen (secondary N) is 2. The molecule has 1 aromatic heterocycles. The van der Waals surface area contributed by atoms with Gasteiger partial charge in [-0.3, -0.25) is 4.79 Å². The summed E-state index contributed by atoms with van der Waals surface area (Å²) in [5, 5.41) is 6.09. The minimum absolute atomic E-state index is 0.00838. The molecule has 2 aromatic rings. The highest BCUT2D eigenvalue weighted by Gasteiger charge is 2.04. The Morgan fingerprint density at radius 3 is 2.50 bits per heavy atom. The van der Waals surface area contributed by atoms with Crippen LogP contribution in [0.15, 0.2) is 30.3 Å². The zero-order valence-electron chi connectivity index (χ0n) is 14.8. The van der Waals surface area contributed by atoms with Gasteiger partial charge in [-0.05, 0) is 44.5 Å². The molecule has 0 spiro atoms. The monoisotopic (exact) mass is 327 g/mol. The van der Waals surface area contributed by atoms with Gasteiger partial charge < -0.3 is 15.5 Å². The van der Waals surface area contributed by atoms with E-state index in [2.05, 4.69) is 20.6 Å². The number of hydrogen-bond donors (Lipinski definition) is 2. The first-order valence-corrected chi connectivity index (χ1v) is 8.07. The molecule has 128 valence electrons. The summed E-state index contributed by atoms with van der Waals surface area (Å²) < 4.78 is 0. The first-order valence-electron chi connectivity index (χ1n) is 8.07. The molecule has 1 amide bonds. The Kier molecular flexibility index (Phi) is 6.12. The number of nitrogens with zero attached hydrogens (tertiary/aromatic N) is 3. The molecule has 2 N–H and O–H groups in total. The van der Waals surface area contributed by atoms with Crippen molar-refractivity contribution in [3.05, 3.63) is 41.7 Å². The molecule has 24 heavy (non-hydrogen) atoms. The standard InChI is InChI=1S/C18H25N5O/c1-13-11-14(2)21-18(20-13)19-10-6-9-17(24)22-15-7-5-8-16(12-15)23(3)4/h5,7-8,11-12H,6,9-10H2,1-4H3,(H,22,24)(H,19,20,21). The lowest BCUT2D eigenvalue weighted by Gasteiger charge is -2.14. The Hall–Kier alpha value is -2.63. The van der Waals surface area contributed by atoms with Gasteiger partial charge in [0.05, 0.1) is 0 Å².